The van der Waals surface area contributed by atoms with Crippen molar-refractivity contribution in [2.24, 2.45) is 11.1 Å². The van der Waals surface area contributed by atoms with Gasteiger partial charge in [0.15, 0.2) is 5.65 Å². The molecule has 6 nitrogen and oxygen atoms in total. The van der Waals surface area contributed by atoms with Crippen LogP contribution in [-0.2, 0) is 4.74 Å². The molecule has 0 amide bonds. The molecule has 2 aliphatic heterocycles. The van der Waals surface area contributed by atoms with Gasteiger partial charge in [0, 0.05) is 30.1 Å². The first-order valence-electron chi connectivity index (χ1n) is 10.2. The van der Waals surface area contributed by atoms with Gasteiger partial charge in [-0.05, 0) is 38.0 Å². The van der Waals surface area contributed by atoms with Gasteiger partial charge < -0.3 is 15.4 Å². The highest BCUT2D eigenvalue weighted by molar-refractivity contribution is 6.43. The van der Waals surface area contributed by atoms with E-state index in [2.05, 4.69) is 21.8 Å². The Bertz CT molecular complexity index is 1100. The number of halogens is 2. The van der Waals surface area contributed by atoms with Crippen molar-refractivity contribution in [1.82, 2.24) is 15.0 Å². The normalized spacial score (nSPS) is 23.4. The maximum Gasteiger partial charge on any atom is 0.178 e. The first kappa shape index (κ1) is 19.9. The smallest absolute Gasteiger partial charge is 0.178 e. The van der Waals surface area contributed by atoms with Crippen LogP contribution in [0.1, 0.15) is 19.8 Å². The fraction of sp³-hybridized carbons (Fsp3) is 0.409. The van der Waals surface area contributed by atoms with Crippen molar-refractivity contribution >= 4 is 40.2 Å². The van der Waals surface area contributed by atoms with Crippen LogP contribution >= 0.6 is 23.2 Å². The van der Waals surface area contributed by atoms with Crippen molar-refractivity contribution in [3.8, 4) is 11.3 Å². The standard InChI is InChI=1S/C22H23Cl2N5O/c1-13-20(25)22(12-30-13)7-9-29(10-8-22)18-11-26-21-17(27-18)6-5-16(28-21)14-3-2-4-15(23)19(14)24/h2-6,11,13,20H,7-10,12,25H2,1H3/t13-,20+/m0/s1. The van der Waals surface area contributed by atoms with Gasteiger partial charge in [-0.1, -0.05) is 35.3 Å². The number of fused-ring (bicyclic) bond motifs is 1. The minimum atomic E-state index is 0.0902. The Morgan fingerprint density at radius 1 is 1.13 bits per heavy atom. The second-order valence-electron chi connectivity index (χ2n) is 8.26. The molecule has 1 spiro atoms. The molecule has 0 radical (unpaired) electrons. The summed E-state index contributed by atoms with van der Waals surface area (Å²) in [5, 5.41) is 0.989. The minimum Gasteiger partial charge on any atom is -0.376 e. The molecule has 0 saturated carbocycles. The van der Waals surface area contributed by atoms with Gasteiger partial charge in [-0.25, -0.2) is 15.0 Å². The summed E-state index contributed by atoms with van der Waals surface area (Å²) in [4.78, 5) is 16.3. The molecule has 2 fully saturated rings. The third-order valence-corrected chi connectivity index (χ3v) is 7.37. The quantitative estimate of drug-likeness (QED) is 0.634. The third kappa shape index (κ3) is 3.32. The zero-order valence-corrected chi connectivity index (χ0v) is 18.2. The zero-order valence-electron chi connectivity index (χ0n) is 16.7. The van der Waals surface area contributed by atoms with E-state index in [1.54, 1.807) is 12.3 Å². The minimum absolute atomic E-state index is 0.0902. The Hall–Kier alpha value is -1.99. The lowest BCUT2D eigenvalue weighted by Crippen LogP contribution is -2.50. The lowest BCUT2D eigenvalue weighted by Gasteiger charge is -2.41. The van der Waals surface area contributed by atoms with E-state index in [1.807, 2.05) is 24.3 Å². The predicted octanol–water partition coefficient (Wildman–Crippen LogP) is 4.33. The molecule has 0 bridgehead atoms. The second-order valence-corrected chi connectivity index (χ2v) is 9.05. The van der Waals surface area contributed by atoms with Crippen LogP contribution in [0.4, 0.5) is 5.82 Å². The monoisotopic (exact) mass is 443 g/mol. The van der Waals surface area contributed by atoms with E-state index in [9.17, 15) is 0 Å². The molecule has 2 aliphatic rings. The summed E-state index contributed by atoms with van der Waals surface area (Å²) in [5.74, 6) is 0.869. The van der Waals surface area contributed by atoms with Gasteiger partial charge in [0.1, 0.15) is 11.3 Å². The highest BCUT2D eigenvalue weighted by Gasteiger charge is 2.47. The Kier molecular flexibility index (Phi) is 5.06. The molecule has 2 atom stereocenters. The lowest BCUT2D eigenvalue weighted by molar-refractivity contribution is 0.0974. The van der Waals surface area contributed by atoms with E-state index in [-0.39, 0.29) is 17.6 Å². The summed E-state index contributed by atoms with van der Waals surface area (Å²) in [6.45, 7) is 4.62. The van der Waals surface area contributed by atoms with E-state index in [0.29, 0.717) is 15.7 Å². The fourth-order valence-electron chi connectivity index (χ4n) is 4.55. The van der Waals surface area contributed by atoms with Gasteiger partial charge in [-0.3, -0.25) is 0 Å². The summed E-state index contributed by atoms with van der Waals surface area (Å²) in [7, 11) is 0. The topological polar surface area (TPSA) is 77.2 Å². The molecule has 4 heterocycles. The van der Waals surface area contributed by atoms with E-state index in [1.165, 1.54) is 0 Å². The van der Waals surface area contributed by atoms with E-state index < -0.39 is 0 Å². The van der Waals surface area contributed by atoms with E-state index in [4.69, 9.17) is 38.7 Å². The number of nitrogens with zero attached hydrogens (tertiary/aromatic N) is 4. The van der Waals surface area contributed by atoms with Crippen molar-refractivity contribution in [3.05, 3.63) is 46.6 Å². The second kappa shape index (κ2) is 7.61. The van der Waals surface area contributed by atoms with Crippen molar-refractivity contribution in [2.75, 3.05) is 24.6 Å². The van der Waals surface area contributed by atoms with Gasteiger partial charge in [-0.2, -0.15) is 0 Å². The van der Waals surface area contributed by atoms with Gasteiger partial charge in [0.25, 0.3) is 0 Å². The largest absolute Gasteiger partial charge is 0.376 e. The van der Waals surface area contributed by atoms with Crippen LogP contribution in [0.15, 0.2) is 36.5 Å². The predicted molar refractivity (Wildman–Crippen MR) is 120 cm³/mol. The van der Waals surface area contributed by atoms with Crippen molar-refractivity contribution in [2.45, 2.75) is 31.9 Å². The Labute approximate surface area is 185 Å². The number of anilines is 1. The van der Waals surface area contributed by atoms with Crippen molar-refractivity contribution in [1.29, 1.82) is 0 Å². The average Bonchev–Trinajstić information content (AvgIpc) is 3.04. The summed E-state index contributed by atoms with van der Waals surface area (Å²) in [6.07, 6.45) is 3.93. The van der Waals surface area contributed by atoms with Gasteiger partial charge in [0.05, 0.1) is 34.6 Å². The van der Waals surface area contributed by atoms with Gasteiger partial charge >= 0.3 is 0 Å². The number of nitrogens with two attached hydrogens (primary N) is 1. The van der Waals surface area contributed by atoms with Crippen LogP contribution in [0.5, 0.6) is 0 Å². The molecule has 1 aromatic carbocycles. The summed E-state index contributed by atoms with van der Waals surface area (Å²) < 4.78 is 5.82. The highest BCUT2D eigenvalue weighted by Crippen LogP contribution is 2.41. The number of pyridine rings is 1. The fourth-order valence-corrected chi connectivity index (χ4v) is 4.95. The first-order chi connectivity index (χ1) is 14.5. The summed E-state index contributed by atoms with van der Waals surface area (Å²) in [6, 6.07) is 9.44. The zero-order chi connectivity index (χ0) is 20.9. The SMILES string of the molecule is C[C@@H]1OCC2(CCN(c3cnc4nc(-c5cccc(Cl)c5Cl)ccc4n3)CC2)[C@@H]1N. The molecule has 5 rings (SSSR count). The van der Waals surface area contributed by atoms with Crippen LogP contribution in [0.3, 0.4) is 0 Å². The molecule has 30 heavy (non-hydrogen) atoms. The Morgan fingerprint density at radius 3 is 2.67 bits per heavy atom. The Balaban J connectivity index is 1.38. The Morgan fingerprint density at radius 2 is 1.93 bits per heavy atom. The average molecular weight is 444 g/mol. The number of benzene rings is 1. The lowest BCUT2D eigenvalue weighted by atomic mass is 9.73. The molecule has 8 heteroatoms. The molecule has 3 aromatic rings. The molecular formula is C22H23Cl2N5O. The molecule has 2 N–H and O–H groups in total. The number of aromatic nitrogens is 3. The third-order valence-electron chi connectivity index (χ3n) is 6.55. The summed E-state index contributed by atoms with van der Waals surface area (Å²) in [5.41, 5.74) is 9.36. The van der Waals surface area contributed by atoms with Crippen LogP contribution in [0, 0.1) is 5.41 Å². The first-order valence-corrected chi connectivity index (χ1v) is 10.9. The number of hydrogen-bond donors (Lipinski definition) is 1. The number of rotatable bonds is 2. The van der Waals surface area contributed by atoms with Crippen molar-refractivity contribution in [3.63, 3.8) is 0 Å². The number of piperidine rings is 1. The molecule has 0 unspecified atom stereocenters. The van der Waals surface area contributed by atoms with Gasteiger partial charge in [-0.15, -0.1) is 0 Å². The number of hydrogen-bond acceptors (Lipinski definition) is 6. The van der Waals surface area contributed by atoms with Crippen molar-refractivity contribution < 1.29 is 4.74 Å². The molecule has 2 aromatic heterocycles. The van der Waals surface area contributed by atoms with E-state index >= 15 is 0 Å². The van der Waals surface area contributed by atoms with Crippen LogP contribution in [-0.4, -0.2) is 46.8 Å². The molecule has 0 aliphatic carbocycles. The highest BCUT2D eigenvalue weighted by atomic mass is 35.5. The molecule has 2 saturated heterocycles. The van der Waals surface area contributed by atoms with Crippen LogP contribution in [0.25, 0.3) is 22.4 Å². The summed E-state index contributed by atoms with van der Waals surface area (Å²) >= 11 is 12.5. The molecular weight excluding hydrogens is 421 g/mol. The molecule has 156 valence electrons. The van der Waals surface area contributed by atoms with E-state index in [0.717, 1.165) is 55.1 Å². The van der Waals surface area contributed by atoms with Gasteiger partial charge in [0.2, 0.25) is 0 Å². The maximum absolute atomic E-state index is 6.43. The van der Waals surface area contributed by atoms with Crippen LogP contribution < -0.4 is 10.6 Å². The maximum atomic E-state index is 6.43. The van der Waals surface area contributed by atoms with Crippen LogP contribution in [0.2, 0.25) is 10.0 Å². The number of ether oxygens (including phenoxy) is 1.